The first-order chi connectivity index (χ1) is 12.2. The fraction of sp³-hybridized carbons (Fsp3) is 0.167. The van der Waals surface area contributed by atoms with Gasteiger partial charge < -0.3 is 9.14 Å². The van der Waals surface area contributed by atoms with Gasteiger partial charge in [0, 0.05) is 18.1 Å². The Morgan fingerprint density at radius 3 is 2.88 bits per heavy atom. The lowest BCUT2D eigenvalue weighted by Crippen LogP contribution is -1.98. The van der Waals surface area contributed by atoms with Gasteiger partial charge in [-0.1, -0.05) is 30.0 Å². The molecule has 0 aliphatic rings. The monoisotopic (exact) mass is 351 g/mol. The lowest BCUT2D eigenvalue weighted by molar-refractivity contribution is 0.412. The van der Waals surface area contributed by atoms with Gasteiger partial charge in [0.25, 0.3) is 0 Å². The number of aromatic nitrogens is 5. The van der Waals surface area contributed by atoms with Gasteiger partial charge in [0.1, 0.15) is 17.7 Å². The topological polar surface area (TPSA) is 57.2 Å². The highest BCUT2D eigenvalue weighted by Crippen LogP contribution is 2.28. The molecule has 0 fully saturated rings. The van der Waals surface area contributed by atoms with Crippen LogP contribution in [-0.2, 0) is 5.75 Å². The highest BCUT2D eigenvalue weighted by molar-refractivity contribution is 7.98. The van der Waals surface area contributed by atoms with Crippen LogP contribution in [0.2, 0.25) is 0 Å². The highest BCUT2D eigenvalue weighted by atomic mass is 32.2. The fourth-order valence-electron chi connectivity index (χ4n) is 2.68. The van der Waals surface area contributed by atoms with Crippen molar-refractivity contribution in [3.63, 3.8) is 0 Å². The zero-order valence-corrected chi connectivity index (χ0v) is 14.8. The summed E-state index contributed by atoms with van der Waals surface area (Å²) in [5.74, 6) is 1.50. The molecular weight excluding hydrogens is 334 g/mol. The lowest BCUT2D eigenvalue weighted by atomic mass is 10.3. The Hall–Kier alpha value is -2.80. The normalized spacial score (nSPS) is 11.1. The molecule has 0 N–H and O–H groups in total. The van der Waals surface area contributed by atoms with E-state index in [2.05, 4.69) is 45.0 Å². The van der Waals surface area contributed by atoms with Crippen molar-refractivity contribution in [1.82, 2.24) is 24.1 Å². The zero-order valence-electron chi connectivity index (χ0n) is 14.0. The van der Waals surface area contributed by atoms with Gasteiger partial charge in [0.15, 0.2) is 5.16 Å². The Morgan fingerprint density at radius 2 is 2.00 bits per heavy atom. The molecule has 0 atom stereocenters. The third kappa shape index (κ3) is 3.10. The van der Waals surface area contributed by atoms with Crippen molar-refractivity contribution in [3.05, 3.63) is 66.4 Å². The van der Waals surface area contributed by atoms with Gasteiger partial charge in [-0.2, -0.15) is 0 Å². The van der Waals surface area contributed by atoms with Crippen LogP contribution in [0.5, 0.6) is 5.75 Å². The molecule has 0 bridgehead atoms. The van der Waals surface area contributed by atoms with Crippen molar-refractivity contribution in [2.75, 3.05) is 7.11 Å². The summed E-state index contributed by atoms with van der Waals surface area (Å²) in [6.07, 6.45) is 5.83. The van der Waals surface area contributed by atoms with Crippen LogP contribution in [0.4, 0.5) is 0 Å². The predicted octanol–water partition coefficient (Wildman–Crippen LogP) is 3.52. The first-order valence-electron chi connectivity index (χ1n) is 7.85. The summed E-state index contributed by atoms with van der Waals surface area (Å²) >= 11 is 1.60. The largest absolute Gasteiger partial charge is 0.495 e. The van der Waals surface area contributed by atoms with Crippen molar-refractivity contribution in [2.45, 2.75) is 17.8 Å². The zero-order chi connectivity index (χ0) is 17.2. The molecule has 0 unspecified atom stereocenters. The molecule has 4 aromatic rings. The van der Waals surface area contributed by atoms with Gasteiger partial charge >= 0.3 is 0 Å². The first-order valence-corrected chi connectivity index (χ1v) is 8.83. The second kappa shape index (κ2) is 6.60. The summed E-state index contributed by atoms with van der Waals surface area (Å²) in [5, 5.41) is 9.09. The second-order valence-electron chi connectivity index (χ2n) is 5.65. The maximum atomic E-state index is 5.44. The number of imidazole rings is 1. The minimum atomic E-state index is 0.717. The maximum absolute atomic E-state index is 5.44. The number of pyridine rings is 1. The number of fused-ring (bicyclic) bond motifs is 1. The molecule has 126 valence electrons. The lowest BCUT2D eigenvalue weighted by Gasteiger charge is -2.10. The van der Waals surface area contributed by atoms with Crippen LogP contribution < -0.4 is 4.74 Å². The van der Waals surface area contributed by atoms with Crippen molar-refractivity contribution in [3.8, 4) is 11.4 Å². The van der Waals surface area contributed by atoms with Gasteiger partial charge in [-0.05, 0) is 30.7 Å². The third-order valence-corrected chi connectivity index (χ3v) is 4.84. The molecule has 1 aromatic carbocycles. The fourth-order valence-corrected chi connectivity index (χ4v) is 3.49. The van der Waals surface area contributed by atoms with E-state index in [4.69, 9.17) is 4.74 Å². The first kappa shape index (κ1) is 15.7. The van der Waals surface area contributed by atoms with E-state index in [0.29, 0.717) is 5.75 Å². The van der Waals surface area contributed by atoms with E-state index in [-0.39, 0.29) is 0 Å². The number of methoxy groups -OCH3 is 1. The second-order valence-corrected chi connectivity index (χ2v) is 6.59. The van der Waals surface area contributed by atoms with Crippen LogP contribution >= 0.6 is 11.8 Å². The minimum Gasteiger partial charge on any atom is -0.495 e. The van der Waals surface area contributed by atoms with Crippen molar-refractivity contribution in [1.29, 1.82) is 0 Å². The minimum absolute atomic E-state index is 0.717. The molecule has 25 heavy (non-hydrogen) atoms. The van der Waals surface area contributed by atoms with Crippen molar-refractivity contribution < 1.29 is 4.74 Å². The molecule has 0 radical (unpaired) electrons. The van der Waals surface area contributed by atoms with Crippen LogP contribution in [0.25, 0.3) is 11.3 Å². The van der Waals surface area contributed by atoms with Gasteiger partial charge in [-0.3, -0.25) is 4.57 Å². The van der Waals surface area contributed by atoms with E-state index in [9.17, 15) is 0 Å². The number of rotatable bonds is 5. The molecular formula is C18H17N5OS. The van der Waals surface area contributed by atoms with Crippen LogP contribution in [-0.4, -0.2) is 31.3 Å². The highest BCUT2D eigenvalue weighted by Gasteiger charge is 2.12. The molecule has 0 aliphatic heterocycles. The summed E-state index contributed by atoms with van der Waals surface area (Å²) in [4.78, 5) is 4.65. The number of ether oxygens (including phenoxy) is 1. The quantitative estimate of drug-likeness (QED) is 0.515. The maximum Gasteiger partial charge on any atom is 0.196 e. The smallest absolute Gasteiger partial charge is 0.196 e. The predicted molar refractivity (Wildman–Crippen MR) is 97.4 cm³/mol. The SMILES string of the molecule is COc1ccccc1-n1cnnc1SCc1cn2cc(C)ccc2n1. The van der Waals surface area contributed by atoms with E-state index < -0.39 is 0 Å². The average Bonchev–Trinajstić information content (AvgIpc) is 3.25. The van der Waals surface area contributed by atoms with Crippen molar-refractivity contribution >= 4 is 17.4 Å². The van der Waals surface area contributed by atoms with E-state index in [1.54, 1.807) is 25.2 Å². The molecule has 3 aromatic heterocycles. The van der Waals surface area contributed by atoms with Gasteiger partial charge in [-0.25, -0.2) is 4.98 Å². The molecule has 0 saturated heterocycles. The molecule has 0 spiro atoms. The molecule has 4 rings (SSSR count). The number of thioether (sulfide) groups is 1. The Morgan fingerprint density at radius 1 is 1.12 bits per heavy atom. The summed E-state index contributed by atoms with van der Waals surface area (Å²) in [7, 11) is 1.66. The summed E-state index contributed by atoms with van der Waals surface area (Å²) in [6.45, 7) is 2.07. The van der Waals surface area contributed by atoms with Crippen LogP contribution in [0.1, 0.15) is 11.3 Å². The molecule has 6 nitrogen and oxygen atoms in total. The van der Waals surface area contributed by atoms with E-state index in [1.807, 2.05) is 34.9 Å². The molecule has 0 amide bonds. The van der Waals surface area contributed by atoms with Crippen molar-refractivity contribution in [2.24, 2.45) is 0 Å². The Balaban J connectivity index is 1.58. The number of benzene rings is 1. The number of nitrogens with zero attached hydrogens (tertiary/aromatic N) is 5. The van der Waals surface area contributed by atoms with E-state index in [1.165, 1.54) is 5.56 Å². The number of hydrogen-bond acceptors (Lipinski definition) is 5. The molecule has 0 saturated carbocycles. The summed E-state index contributed by atoms with van der Waals surface area (Å²) in [5.41, 5.74) is 4.08. The van der Waals surface area contributed by atoms with Crippen LogP contribution in [0.3, 0.4) is 0 Å². The summed E-state index contributed by atoms with van der Waals surface area (Å²) < 4.78 is 9.42. The Labute approximate surface area is 149 Å². The number of aryl methyl sites for hydroxylation is 1. The Kier molecular flexibility index (Phi) is 4.15. The van der Waals surface area contributed by atoms with Crippen LogP contribution in [0, 0.1) is 6.92 Å². The Bertz CT molecular complexity index is 1020. The molecule has 7 heteroatoms. The molecule has 3 heterocycles. The molecule has 0 aliphatic carbocycles. The van der Waals surface area contributed by atoms with Gasteiger partial charge in [0.05, 0.1) is 18.5 Å². The summed E-state index contributed by atoms with van der Waals surface area (Å²) in [6, 6.07) is 11.9. The van der Waals surface area contributed by atoms with E-state index in [0.717, 1.165) is 27.9 Å². The number of hydrogen-bond donors (Lipinski definition) is 0. The van der Waals surface area contributed by atoms with Crippen LogP contribution in [0.15, 0.2) is 60.3 Å². The average molecular weight is 351 g/mol. The van der Waals surface area contributed by atoms with Gasteiger partial charge in [-0.15, -0.1) is 10.2 Å². The van der Waals surface area contributed by atoms with Gasteiger partial charge in [0.2, 0.25) is 0 Å². The third-order valence-electron chi connectivity index (χ3n) is 3.86. The van der Waals surface area contributed by atoms with E-state index >= 15 is 0 Å². The standard InChI is InChI=1S/C18H17N5OS/c1-13-7-8-17-20-14(10-22(17)9-13)11-25-18-21-19-12-23(18)15-5-3-4-6-16(15)24-2/h3-10,12H,11H2,1-2H3. The number of para-hydroxylation sites is 2.